The van der Waals surface area contributed by atoms with Crippen molar-refractivity contribution in [2.24, 2.45) is 7.05 Å². The molecule has 0 aromatic carbocycles. The van der Waals surface area contributed by atoms with Crippen molar-refractivity contribution in [3.05, 3.63) is 36.4 Å². The highest BCUT2D eigenvalue weighted by Crippen LogP contribution is 2.30. The van der Waals surface area contributed by atoms with Crippen LogP contribution in [0.3, 0.4) is 0 Å². The Morgan fingerprint density at radius 2 is 2.04 bits per heavy atom. The van der Waals surface area contributed by atoms with E-state index in [2.05, 4.69) is 14.7 Å². The van der Waals surface area contributed by atoms with Gasteiger partial charge in [-0.15, -0.1) is 0 Å². The first kappa shape index (κ1) is 17.7. The number of imidazole rings is 1. The molecule has 1 saturated heterocycles. The SMILES string of the molecule is Cn1cnc(S(=O)(=O)N[C@@H]2CCN(c3ccc(C(F)(F)F)cn3)C2)c1. The maximum absolute atomic E-state index is 12.6. The summed E-state index contributed by atoms with van der Waals surface area (Å²) in [6, 6.07) is 1.89. The Balaban J connectivity index is 1.66. The predicted octanol–water partition coefficient (Wildman–Crippen LogP) is 1.39. The summed E-state index contributed by atoms with van der Waals surface area (Å²) in [5.74, 6) is 0.382. The fourth-order valence-electron chi connectivity index (χ4n) is 2.61. The fraction of sp³-hybridized carbons (Fsp3) is 0.429. The van der Waals surface area contributed by atoms with Crippen LogP contribution in [0.1, 0.15) is 12.0 Å². The number of nitrogens with zero attached hydrogens (tertiary/aromatic N) is 4. The summed E-state index contributed by atoms with van der Waals surface area (Å²) in [7, 11) is -2.07. The van der Waals surface area contributed by atoms with Crippen LogP contribution in [-0.4, -0.2) is 42.1 Å². The molecule has 2 aromatic rings. The molecule has 0 amide bonds. The van der Waals surface area contributed by atoms with E-state index in [4.69, 9.17) is 0 Å². The lowest BCUT2D eigenvalue weighted by Gasteiger charge is -2.18. The topological polar surface area (TPSA) is 80.1 Å². The van der Waals surface area contributed by atoms with Gasteiger partial charge >= 0.3 is 6.18 Å². The fourth-order valence-corrected chi connectivity index (χ4v) is 3.86. The average molecular weight is 375 g/mol. The minimum atomic E-state index is -4.43. The lowest BCUT2D eigenvalue weighted by Crippen LogP contribution is -2.37. The Kier molecular flexibility index (Phi) is 4.45. The van der Waals surface area contributed by atoms with Crippen molar-refractivity contribution < 1.29 is 21.6 Å². The molecule has 11 heteroatoms. The third-order valence-corrected chi connectivity index (χ3v) is 5.27. The molecule has 1 aliphatic rings. The Labute approximate surface area is 142 Å². The van der Waals surface area contributed by atoms with E-state index in [9.17, 15) is 21.6 Å². The highest BCUT2D eigenvalue weighted by Gasteiger charge is 2.32. The summed E-state index contributed by atoms with van der Waals surface area (Å²) in [6.07, 6.45) is -0.346. The van der Waals surface area contributed by atoms with E-state index in [-0.39, 0.29) is 11.1 Å². The third kappa shape index (κ3) is 3.93. The van der Waals surface area contributed by atoms with Crippen LogP contribution in [0.4, 0.5) is 19.0 Å². The van der Waals surface area contributed by atoms with Crippen LogP contribution in [0, 0.1) is 0 Å². The molecule has 0 radical (unpaired) electrons. The van der Waals surface area contributed by atoms with Crippen LogP contribution in [0.15, 0.2) is 35.9 Å². The van der Waals surface area contributed by atoms with Crippen LogP contribution in [-0.2, 0) is 23.2 Å². The number of anilines is 1. The minimum Gasteiger partial charge on any atom is -0.355 e. The first-order chi connectivity index (χ1) is 11.6. The summed E-state index contributed by atoms with van der Waals surface area (Å²) < 4.78 is 66.3. The zero-order valence-corrected chi connectivity index (χ0v) is 14.0. The van der Waals surface area contributed by atoms with Crippen LogP contribution < -0.4 is 9.62 Å². The molecule has 0 spiro atoms. The number of halogens is 3. The van der Waals surface area contributed by atoms with Gasteiger partial charge in [0.25, 0.3) is 10.0 Å². The van der Waals surface area contributed by atoms with Gasteiger partial charge < -0.3 is 9.47 Å². The number of nitrogens with one attached hydrogen (secondary N) is 1. The van der Waals surface area contributed by atoms with Crippen molar-refractivity contribution in [2.45, 2.75) is 23.7 Å². The summed E-state index contributed by atoms with van der Waals surface area (Å²) in [5.41, 5.74) is -0.817. The zero-order valence-electron chi connectivity index (χ0n) is 13.2. The second kappa shape index (κ2) is 6.30. The number of aryl methyl sites for hydroxylation is 1. The molecule has 25 heavy (non-hydrogen) atoms. The molecule has 1 N–H and O–H groups in total. The number of rotatable bonds is 4. The van der Waals surface area contributed by atoms with Crippen LogP contribution in [0.2, 0.25) is 0 Å². The molecular weight excluding hydrogens is 359 g/mol. The lowest BCUT2D eigenvalue weighted by atomic mass is 10.3. The van der Waals surface area contributed by atoms with Gasteiger partial charge in [0.15, 0.2) is 5.03 Å². The Hall–Kier alpha value is -2.14. The lowest BCUT2D eigenvalue weighted by molar-refractivity contribution is -0.137. The first-order valence-corrected chi connectivity index (χ1v) is 8.92. The average Bonchev–Trinajstić information content (AvgIpc) is 3.16. The molecule has 1 atom stereocenters. The van der Waals surface area contributed by atoms with E-state index < -0.39 is 21.8 Å². The number of pyridine rings is 1. The number of sulfonamides is 1. The molecule has 0 unspecified atom stereocenters. The second-order valence-corrected chi connectivity index (χ2v) is 7.49. The molecule has 0 bridgehead atoms. The highest BCUT2D eigenvalue weighted by atomic mass is 32.2. The van der Waals surface area contributed by atoms with Gasteiger partial charge in [0.2, 0.25) is 0 Å². The second-order valence-electron chi connectivity index (χ2n) is 5.83. The normalized spacial score (nSPS) is 18.7. The van der Waals surface area contributed by atoms with Crippen molar-refractivity contribution >= 4 is 15.8 Å². The quantitative estimate of drug-likeness (QED) is 0.874. The molecule has 0 saturated carbocycles. The zero-order chi connectivity index (χ0) is 18.2. The largest absolute Gasteiger partial charge is 0.417 e. The van der Waals surface area contributed by atoms with Crippen LogP contribution in [0.25, 0.3) is 0 Å². The van der Waals surface area contributed by atoms with E-state index in [0.717, 1.165) is 12.3 Å². The monoisotopic (exact) mass is 375 g/mol. The van der Waals surface area contributed by atoms with Gasteiger partial charge in [-0.25, -0.2) is 23.1 Å². The third-order valence-electron chi connectivity index (χ3n) is 3.87. The minimum absolute atomic E-state index is 0.0684. The van der Waals surface area contributed by atoms with E-state index in [0.29, 0.717) is 25.3 Å². The van der Waals surface area contributed by atoms with Gasteiger partial charge in [-0.2, -0.15) is 13.2 Å². The molecule has 1 fully saturated rings. The molecule has 2 aromatic heterocycles. The van der Waals surface area contributed by atoms with Crippen molar-refractivity contribution in [2.75, 3.05) is 18.0 Å². The van der Waals surface area contributed by atoms with Gasteiger partial charge in [0, 0.05) is 38.6 Å². The highest BCUT2D eigenvalue weighted by molar-refractivity contribution is 7.89. The number of alkyl halides is 3. The van der Waals surface area contributed by atoms with E-state index in [1.807, 2.05) is 0 Å². The van der Waals surface area contributed by atoms with Gasteiger partial charge in [-0.3, -0.25) is 0 Å². The molecule has 3 rings (SSSR count). The number of aromatic nitrogens is 3. The van der Waals surface area contributed by atoms with Crippen molar-refractivity contribution in [1.29, 1.82) is 0 Å². The smallest absolute Gasteiger partial charge is 0.355 e. The predicted molar refractivity (Wildman–Crippen MR) is 83.4 cm³/mol. The molecule has 0 aliphatic carbocycles. The van der Waals surface area contributed by atoms with Gasteiger partial charge in [0.1, 0.15) is 5.82 Å². The summed E-state index contributed by atoms with van der Waals surface area (Å²) in [4.78, 5) is 9.39. The van der Waals surface area contributed by atoms with E-state index in [1.54, 1.807) is 11.9 Å². The van der Waals surface area contributed by atoms with E-state index >= 15 is 0 Å². The Morgan fingerprint density at radius 1 is 1.28 bits per heavy atom. The van der Waals surface area contributed by atoms with Crippen molar-refractivity contribution in [1.82, 2.24) is 19.3 Å². The van der Waals surface area contributed by atoms with Gasteiger partial charge in [-0.1, -0.05) is 0 Å². The summed E-state index contributed by atoms with van der Waals surface area (Å²) >= 11 is 0. The Morgan fingerprint density at radius 3 is 2.60 bits per heavy atom. The van der Waals surface area contributed by atoms with Gasteiger partial charge in [-0.05, 0) is 18.6 Å². The molecular formula is C14H16F3N5O2S. The maximum atomic E-state index is 12.6. The maximum Gasteiger partial charge on any atom is 0.417 e. The molecule has 1 aliphatic heterocycles. The number of hydrogen-bond acceptors (Lipinski definition) is 5. The van der Waals surface area contributed by atoms with Crippen LogP contribution in [0.5, 0.6) is 0 Å². The molecule has 7 nitrogen and oxygen atoms in total. The standard InChI is InChI=1S/C14H16F3N5O2S/c1-21-8-13(19-9-21)25(23,24)20-11-4-5-22(7-11)12-3-2-10(6-18-12)14(15,16)17/h2-3,6,8-9,11,20H,4-5,7H2,1H3/t11-/m1/s1. The molecule has 3 heterocycles. The van der Waals surface area contributed by atoms with Crippen LogP contribution >= 0.6 is 0 Å². The van der Waals surface area contributed by atoms with Crippen molar-refractivity contribution in [3.8, 4) is 0 Å². The summed E-state index contributed by atoms with van der Waals surface area (Å²) in [6.45, 7) is 0.818. The van der Waals surface area contributed by atoms with Crippen molar-refractivity contribution in [3.63, 3.8) is 0 Å². The number of hydrogen-bond donors (Lipinski definition) is 1. The summed E-state index contributed by atoms with van der Waals surface area (Å²) in [5, 5.41) is -0.0684. The van der Waals surface area contributed by atoms with E-state index in [1.165, 1.54) is 23.2 Å². The first-order valence-electron chi connectivity index (χ1n) is 7.44. The Bertz CT molecular complexity index is 848. The molecule has 136 valence electrons. The van der Waals surface area contributed by atoms with Gasteiger partial charge in [0.05, 0.1) is 11.9 Å².